The maximum Gasteiger partial charge on any atom is 0.123 e. The topological polar surface area (TPSA) is 21.6 Å². The highest BCUT2D eigenvalue weighted by molar-refractivity contribution is 7.98. The molecule has 0 radical (unpaired) electrons. The highest BCUT2D eigenvalue weighted by atomic mass is 32.2. The largest absolute Gasteiger partial charge is 0.496 e. The maximum atomic E-state index is 5.66. The molecular weight excluding hydrogens is 338 g/mol. The van der Waals surface area contributed by atoms with E-state index in [2.05, 4.69) is 64.1 Å². The third kappa shape index (κ3) is 5.38. The lowest BCUT2D eigenvalue weighted by atomic mass is 10.0. The van der Waals surface area contributed by atoms with Crippen LogP contribution in [0, 0.1) is 6.92 Å². The van der Waals surface area contributed by atoms with Crippen LogP contribution in [0.1, 0.15) is 55.9 Å². The lowest BCUT2D eigenvalue weighted by Gasteiger charge is -2.15. The number of aryl methyl sites for hydroxylation is 2. The predicted octanol–water partition coefficient (Wildman–Crippen LogP) is 6.47. The molecule has 0 N–H and O–H groups in total. The highest BCUT2D eigenvalue weighted by Gasteiger charge is 2.13. The molecule has 2 nitrogen and oxygen atoms in total. The van der Waals surface area contributed by atoms with Crippen LogP contribution in [0.4, 0.5) is 0 Å². The van der Waals surface area contributed by atoms with Crippen LogP contribution in [0.5, 0.6) is 5.75 Å². The number of ether oxygens (including phenoxy) is 1. The number of unbranched alkanes of at least 4 members (excludes halogenated alkanes) is 1. The van der Waals surface area contributed by atoms with Crippen molar-refractivity contribution in [1.29, 1.82) is 0 Å². The normalized spacial score (nSPS) is 11.7. The van der Waals surface area contributed by atoms with Gasteiger partial charge in [0.1, 0.15) is 5.75 Å². The van der Waals surface area contributed by atoms with Gasteiger partial charge in [-0.05, 0) is 44.4 Å². The fourth-order valence-electron chi connectivity index (χ4n) is 2.97. The first-order valence-electron chi connectivity index (χ1n) is 9.50. The fraction of sp³-hybridized carbons (Fsp3) is 0.435. The van der Waals surface area contributed by atoms with Gasteiger partial charge < -0.3 is 4.74 Å². The van der Waals surface area contributed by atoms with Crippen LogP contribution in [0.15, 0.2) is 46.3 Å². The second-order valence-corrected chi connectivity index (χ2v) is 7.58. The molecule has 3 heteroatoms. The smallest absolute Gasteiger partial charge is 0.123 e. The van der Waals surface area contributed by atoms with Gasteiger partial charge in [0.15, 0.2) is 0 Å². The number of methoxy groups -OCH3 is 1. The molecule has 0 fully saturated rings. The number of thioether (sulfide) groups is 1. The number of rotatable bonds is 9. The molecule has 0 spiro atoms. The zero-order valence-electron chi connectivity index (χ0n) is 16.8. The van der Waals surface area contributed by atoms with E-state index < -0.39 is 0 Å². The minimum absolute atomic E-state index is 0.885. The zero-order chi connectivity index (χ0) is 18.9. The number of benzene rings is 2. The summed E-state index contributed by atoms with van der Waals surface area (Å²) < 4.78 is 5.66. The van der Waals surface area contributed by atoms with E-state index >= 15 is 0 Å². The molecular formula is C23H31NOS. The van der Waals surface area contributed by atoms with Crippen molar-refractivity contribution in [2.45, 2.75) is 57.6 Å². The molecule has 0 saturated heterocycles. The van der Waals surface area contributed by atoms with Gasteiger partial charge in [-0.3, -0.25) is 4.99 Å². The Balaban J connectivity index is 2.30. The van der Waals surface area contributed by atoms with Crippen molar-refractivity contribution in [3.8, 4) is 5.75 Å². The summed E-state index contributed by atoms with van der Waals surface area (Å²) in [5, 5.41) is 0. The number of aliphatic imine (C=N–C) groups is 1. The summed E-state index contributed by atoms with van der Waals surface area (Å²) in [6.07, 6.45) is 3.36. The Morgan fingerprint density at radius 1 is 1.15 bits per heavy atom. The van der Waals surface area contributed by atoms with Gasteiger partial charge in [0, 0.05) is 34.0 Å². The molecule has 0 atom stereocenters. The Morgan fingerprint density at radius 2 is 1.96 bits per heavy atom. The van der Waals surface area contributed by atoms with E-state index in [1.54, 1.807) is 7.11 Å². The lowest BCUT2D eigenvalue weighted by Crippen LogP contribution is -2.04. The summed E-state index contributed by atoms with van der Waals surface area (Å²) >= 11 is 1.89. The molecule has 0 aliphatic heterocycles. The average Bonchev–Trinajstić information content (AvgIpc) is 2.66. The van der Waals surface area contributed by atoms with Gasteiger partial charge in [0.2, 0.25) is 0 Å². The van der Waals surface area contributed by atoms with Crippen LogP contribution < -0.4 is 4.74 Å². The van der Waals surface area contributed by atoms with Crippen molar-refractivity contribution in [1.82, 2.24) is 0 Å². The van der Waals surface area contributed by atoms with Gasteiger partial charge in [0.25, 0.3) is 0 Å². The Labute approximate surface area is 163 Å². The Morgan fingerprint density at radius 3 is 2.65 bits per heavy atom. The predicted molar refractivity (Wildman–Crippen MR) is 115 cm³/mol. The molecule has 0 amide bonds. The second kappa shape index (κ2) is 10.4. The van der Waals surface area contributed by atoms with Gasteiger partial charge >= 0.3 is 0 Å². The van der Waals surface area contributed by atoms with Gasteiger partial charge in [-0.1, -0.05) is 50.1 Å². The molecule has 2 aromatic rings. The summed E-state index contributed by atoms with van der Waals surface area (Å²) in [5.41, 5.74) is 6.26. The van der Waals surface area contributed by atoms with Crippen LogP contribution >= 0.6 is 11.8 Å². The van der Waals surface area contributed by atoms with Crippen molar-refractivity contribution < 1.29 is 4.74 Å². The van der Waals surface area contributed by atoms with Crippen molar-refractivity contribution in [2.75, 3.05) is 13.7 Å². The van der Waals surface area contributed by atoms with E-state index in [0.717, 1.165) is 36.6 Å². The standard InChI is InChI=1S/C23H31NOS/c1-6-8-14-24-18(4)20-10-9-11-22(25-5)21(20)16-26-23-15-17(3)12-13-19(23)7-2/h9-13,15H,6-8,14,16H2,1-5H3. The van der Waals surface area contributed by atoms with Crippen LogP contribution in [0.2, 0.25) is 0 Å². The first-order valence-corrected chi connectivity index (χ1v) is 10.5. The first kappa shape index (κ1) is 20.6. The maximum absolute atomic E-state index is 5.66. The molecule has 140 valence electrons. The Hall–Kier alpha value is -1.74. The van der Waals surface area contributed by atoms with Crippen molar-refractivity contribution in [2.24, 2.45) is 4.99 Å². The summed E-state index contributed by atoms with van der Waals surface area (Å²) in [7, 11) is 1.75. The molecule has 2 aromatic carbocycles. The second-order valence-electron chi connectivity index (χ2n) is 6.56. The third-order valence-electron chi connectivity index (χ3n) is 4.58. The van der Waals surface area contributed by atoms with E-state index in [9.17, 15) is 0 Å². The first-order chi connectivity index (χ1) is 12.6. The van der Waals surface area contributed by atoms with Crippen LogP contribution in [0.25, 0.3) is 0 Å². The quantitative estimate of drug-likeness (QED) is 0.287. The zero-order valence-corrected chi connectivity index (χ0v) is 17.6. The minimum Gasteiger partial charge on any atom is -0.496 e. The summed E-state index contributed by atoms with van der Waals surface area (Å²) in [4.78, 5) is 6.14. The number of nitrogens with zero attached hydrogens (tertiary/aromatic N) is 1. The third-order valence-corrected chi connectivity index (χ3v) is 5.70. The fourth-order valence-corrected chi connectivity index (χ4v) is 4.24. The molecule has 0 unspecified atom stereocenters. The van der Waals surface area contributed by atoms with Gasteiger partial charge in [0.05, 0.1) is 7.11 Å². The summed E-state index contributed by atoms with van der Waals surface area (Å²) in [5.74, 6) is 1.84. The average molecular weight is 370 g/mol. The summed E-state index contributed by atoms with van der Waals surface area (Å²) in [6, 6.07) is 13.0. The van der Waals surface area contributed by atoms with E-state index in [4.69, 9.17) is 9.73 Å². The van der Waals surface area contributed by atoms with E-state index in [-0.39, 0.29) is 0 Å². The highest BCUT2D eigenvalue weighted by Crippen LogP contribution is 2.33. The molecule has 0 saturated carbocycles. The van der Waals surface area contributed by atoms with Crippen LogP contribution in [-0.2, 0) is 12.2 Å². The number of hydrogen-bond acceptors (Lipinski definition) is 3. The molecule has 0 aliphatic carbocycles. The molecule has 0 heterocycles. The van der Waals surface area contributed by atoms with E-state index in [1.165, 1.54) is 33.6 Å². The van der Waals surface area contributed by atoms with E-state index in [0.29, 0.717) is 0 Å². The lowest BCUT2D eigenvalue weighted by molar-refractivity contribution is 0.411. The van der Waals surface area contributed by atoms with E-state index in [1.807, 2.05) is 11.8 Å². The molecule has 26 heavy (non-hydrogen) atoms. The van der Waals surface area contributed by atoms with Crippen molar-refractivity contribution >= 4 is 17.5 Å². The molecule has 2 rings (SSSR count). The van der Waals surface area contributed by atoms with Gasteiger partial charge in [-0.25, -0.2) is 0 Å². The molecule has 0 aliphatic rings. The number of hydrogen-bond donors (Lipinski definition) is 0. The monoisotopic (exact) mass is 369 g/mol. The van der Waals surface area contributed by atoms with Crippen molar-refractivity contribution in [3.05, 3.63) is 58.7 Å². The molecule has 0 aromatic heterocycles. The van der Waals surface area contributed by atoms with Gasteiger partial charge in [-0.2, -0.15) is 0 Å². The van der Waals surface area contributed by atoms with Crippen LogP contribution in [-0.4, -0.2) is 19.4 Å². The SMILES string of the molecule is CCCCN=C(C)c1cccc(OC)c1CSc1cc(C)ccc1CC. The summed E-state index contributed by atoms with van der Waals surface area (Å²) in [6.45, 7) is 9.58. The Kier molecular flexibility index (Phi) is 8.24. The minimum atomic E-state index is 0.885. The Bertz CT molecular complexity index is 752. The molecule has 0 bridgehead atoms. The van der Waals surface area contributed by atoms with Gasteiger partial charge in [-0.15, -0.1) is 11.8 Å². The van der Waals surface area contributed by atoms with Crippen molar-refractivity contribution in [3.63, 3.8) is 0 Å². The van der Waals surface area contributed by atoms with Crippen LogP contribution in [0.3, 0.4) is 0 Å².